The van der Waals surface area contributed by atoms with E-state index >= 15 is 0 Å². The molecule has 0 atom stereocenters. The Bertz CT molecular complexity index is 1990. The van der Waals surface area contributed by atoms with Crippen molar-refractivity contribution in [1.29, 1.82) is 0 Å². The molecule has 1 nitrogen and oxygen atoms in total. The highest BCUT2D eigenvalue weighted by Gasteiger charge is 2.15. The van der Waals surface area contributed by atoms with E-state index in [1.165, 1.54) is 20.2 Å². The molecule has 2 heteroatoms. The summed E-state index contributed by atoms with van der Waals surface area (Å²) in [5.74, 6) is 0. The maximum atomic E-state index is 8.64. The van der Waals surface area contributed by atoms with Crippen molar-refractivity contribution in [3.05, 3.63) is 103 Å². The molecule has 2 aromatic heterocycles. The minimum absolute atomic E-state index is 0.171. The van der Waals surface area contributed by atoms with E-state index in [1.54, 1.807) is 11.3 Å². The van der Waals surface area contributed by atoms with Crippen LogP contribution in [0.15, 0.2) is 103 Å². The first kappa shape index (κ1) is 12.2. The van der Waals surface area contributed by atoms with Gasteiger partial charge < -0.3 is 4.57 Å². The number of benzene rings is 5. The van der Waals surface area contributed by atoms with Gasteiger partial charge in [-0.25, -0.2) is 0 Å². The smallest absolute Gasteiger partial charge is 0.0645 e. The van der Waals surface area contributed by atoms with E-state index < -0.39 is 0 Å². The van der Waals surface area contributed by atoms with Crippen LogP contribution >= 0.6 is 11.3 Å². The standard InChI is InChI=1S/C28H17NS/c1-2-8-19(9-3-1)29-25-12-6-4-10-20(25)24-16-18-14-15-22-21-11-5-7-13-27(21)30-28(22)23(18)17-26(24)29/h1-17H/i1D,2D,3D,8D,9D. The Morgan fingerprint density at radius 1 is 0.633 bits per heavy atom. The molecule has 0 aliphatic rings. The lowest BCUT2D eigenvalue weighted by molar-refractivity contribution is 1.18. The summed E-state index contributed by atoms with van der Waals surface area (Å²) in [7, 11) is 0. The molecule has 7 rings (SSSR count). The minimum atomic E-state index is -0.387. The first-order chi connectivity index (χ1) is 17.0. The number of thiophene rings is 1. The average molecular weight is 405 g/mol. The molecule has 0 aliphatic heterocycles. The largest absolute Gasteiger partial charge is 0.309 e. The van der Waals surface area contributed by atoms with Gasteiger partial charge in [-0.3, -0.25) is 0 Å². The third-order valence-electron chi connectivity index (χ3n) is 5.86. The predicted octanol–water partition coefficient (Wildman–Crippen LogP) is 8.30. The number of aromatic nitrogens is 1. The molecule has 30 heavy (non-hydrogen) atoms. The van der Waals surface area contributed by atoms with Gasteiger partial charge in [0.15, 0.2) is 0 Å². The normalized spacial score (nSPS) is 14.3. The monoisotopic (exact) mass is 404 g/mol. The van der Waals surface area contributed by atoms with Crippen molar-refractivity contribution in [1.82, 2.24) is 4.57 Å². The van der Waals surface area contributed by atoms with Gasteiger partial charge in [-0.2, -0.15) is 0 Å². The molecule has 0 saturated carbocycles. The topological polar surface area (TPSA) is 4.93 Å². The number of nitrogens with zero attached hydrogens (tertiary/aromatic N) is 1. The third-order valence-corrected chi connectivity index (χ3v) is 7.08. The molecule has 0 fully saturated rings. The SMILES string of the molecule is [2H]c1c([2H])c([2H])c(-n2c3ccccc3c3cc4ccc5c6ccccc6sc5c4cc32)c([2H])c1[2H]. The lowest BCUT2D eigenvalue weighted by Gasteiger charge is -2.08. The van der Waals surface area contributed by atoms with Gasteiger partial charge in [-0.05, 0) is 41.7 Å². The second-order valence-corrected chi connectivity index (χ2v) is 8.51. The summed E-state index contributed by atoms with van der Waals surface area (Å²) < 4.78 is 46.0. The molecule has 0 amide bonds. The summed E-state index contributed by atoms with van der Waals surface area (Å²) in [5, 5.41) is 6.59. The summed E-state index contributed by atoms with van der Waals surface area (Å²) in [6, 6.07) is 23.3. The number of hydrogen-bond acceptors (Lipinski definition) is 1. The van der Waals surface area contributed by atoms with Gasteiger partial charge in [0, 0.05) is 42.0 Å². The van der Waals surface area contributed by atoms with Crippen molar-refractivity contribution in [2.45, 2.75) is 0 Å². The summed E-state index contributed by atoms with van der Waals surface area (Å²) in [4.78, 5) is 0. The van der Waals surface area contributed by atoms with Crippen LogP contribution in [-0.2, 0) is 0 Å². The van der Waals surface area contributed by atoms with Gasteiger partial charge in [-0.15, -0.1) is 11.3 Å². The molecular weight excluding hydrogens is 382 g/mol. The highest BCUT2D eigenvalue weighted by molar-refractivity contribution is 7.26. The van der Waals surface area contributed by atoms with Crippen molar-refractivity contribution in [3.8, 4) is 5.69 Å². The summed E-state index contributed by atoms with van der Waals surface area (Å²) >= 11 is 1.75. The van der Waals surface area contributed by atoms with Gasteiger partial charge in [0.2, 0.25) is 0 Å². The van der Waals surface area contributed by atoms with Crippen LogP contribution in [0.1, 0.15) is 6.85 Å². The molecule has 140 valence electrons. The molecule has 0 bridgehead atoms. The van der Waals surface area contributed by atoms with Crippen molar-refractivity contribution >= 4 is 64.1 Å². The highest BCUT2D eigenvalue weighted by Crippen LogP contribution is 2.41. The molecule has 0 N–H and O–H groups in total. The van der Waals surface area contributed by atoms with E-state index in [0.717, 1.165) is 32.6 Å². The van der Waals surface area contributed by atoms with Gasteiger partial charge in [0.25, 0.3) is 0 Å². The Kier molecular flexibility index (Phi) is 2.41. The van der Waals surface area contributed by atoms with Gasteiger partial charge in [0.05, 0.1) is 17.9 Å². The van der Waals surface area contributed by atoms with Crippen LogP contribution < -0.4 is 0 Å². The van der Waals surface area contributed by atoms with Crippen LogP contribution in [0.4, 0.5) is 0 Å². The van der Waals surface area contributed by atoms with Crippen LogP contribution in [0.5, 0.6) is 0 Å². The first-order valence-corrected chi connectivity index (χ1v) is 10.6. The van der Waals surface area contributed by atoms with E-state index in [9.17, 15) is 0 Å². The van der Waals surface area contributed by atoms with Gasteiger partial charge in [-0.1, -0.05) is 66.7 Å². The predicted molar refractivity (Wildman–Crippen MR) is 131 cm³/mol. The van der Waals surface area contributed by atoms with Crippen molar-refractivity contribution < 1.29 is 6.85 Å². The van der Waals surface area contributed by atoms with Crippen molar-refractivity contribution in [3.63, 3.8) is 0 Å². The number of hydrogen-bond donors (Lipinski definition) is 0. The fraction of sp³-hybridized carbons (Fsp3) is 0. The molecule has 7 aromatic rings. The maximum Gasteiger partial charge on any atom is 0.0645 e. The molecule has 0 unspecified atom stereocenters. The second kappa shape index (κ2) is 5.94. The van der Waals surface area contributed by atoms with E-state index in [0.29, 0.717) is 0 Å². The molecule has 0 radical (unpaired) electrons. The maximum absolute atomic E-state index is 8.64. The highest BCUT2D eigenvalue weighted by atomic mass is 32.1. The number of fused-ring (bicyclic) bond motifs is 8. The summed E-state index contributed by atoms with van der Waals surface area (Å²) in [5.41, 5.74) is 1.80. The van der Waals surface area contributed by atoms with Crippen LogP contribution in [0, 0.1) is 0 Å². The zero-order valence-corrected chi connectivity index (χ0v) is 16.6. The zero-order chi connectivity index (χ0) is 24.0. The van der Waals surface area contributed by atoms with E-state index in [-0.39, 0.29) is 35.9 Å². The van der Waals surface area contributed by atoms with E-state index in [1.807, 2.05) is 34.9 Å². The Labute approximate surface area is 184 Å². The molecule has 5 aromatic carbocycles. The van der Waals surface area contributed by atoms with Crippen LogP contribution in [0.2, 0.25) is 0 Å². The van der Waals surface area contributed by atoms with Crippen molar-refractivity contribution in [2.24, 2.45) is 0 Å². The Balaban J connectivity index is 1.71. The quantitative estimate of drug-likeness (QED) is 0.259. The van der Waals surface area contributed by atoms with Crippen LogP contribution in [0.3, 0.4) is 0 Å². The molecule has 0 aliphatic carbocycles. The molecule has 0 spiro atoms. The van der Waals surface area contributed by atoms with Crippen molar-refractivity contribution in [2.75, 3.05) is 0 Å². The summed E-state index contributed by atoms with van der Waals surface area (Å²) in [6.07, 6.45) is 0. The lowest BCUT2D eigenvalue weighted by Crippen LogP contribution is -1.92. The fourth-order valence-corrected chi connectivity index (χ4v) is 5.80. The Morgan fingerprint density at radius 3 is 2.33 bits per heavy atom. The van der Waals surface area contributed by atoms with Crippen LogP contribution in [0.25, 0.3) is 58.4 Å². The van der Waals surface area contributed by atoms with E-state index in [4.69, 9.17) is 6.85 Å². The average Bonchev–Trinajstić information content (AvgIpc) is 3.41. The molecule has 2 heterocycles. The second-order valence-electron chi connectivity index (χ2n) is 7.46. The summed E-state index contributed by atoms with van der Waals surface area (Å²) in [6.45, 7) is 0. The third kappa shape index (κ3) is 2.11. The first-order valence-electron chi connectivity index (χ1n) is 12.3. The number of rotatable bonds is 1. The fourth-order valence-electron chi connectivity index (χ4n) is 4.57. The Hall–Kier alpha value is -3.62. The lowest BCUT2D eigenvalue weighted by atomic mass is 10.0. The molecular formula is C28H17NS. The van der Waals surface area contributed by atoms with E-state index in [2.05, 4.69) is 42.5 Å². The molecule has 0 saturated heterocycles. The van der Waals surface area contributed by atoms with Crippen LogP contribution in [-0.4, -0.2) is 4.57 Å². The zero-order valence-electron chi connectivity index (χ0n) is 20.8. The van der Waals surface area contributed by atoms with Gasteiger partial charge >= 0.3 is 0 Å². The Morgan fingerprint density at radius 2 is 1.43 bits per heavy atom. The minimum Gasteiger partial charge on any atom is -0.309 e. The number of para-hydroxylation sites is 2. The van der Waals surface area contributed by atoms with Gasteiger partial charge in [0.1, 0.15) is 0 Å².